The Balaban J connectivity index is 1.76. The highest BCUT2D eigenvalue weighted by molar-refractivity contribution is 5.99. The van der Waals surface area contributed by atoms with Crippen molar-refractivity contribution in [3.05, 3.63) is 34.9 Å². The summed E-state index contributed by atoms with van der Waals surface area (Å²) < 4.78 is 5.87. The third-order valence-corrected chi connectivity index (χ3v) is 7.90. The molecule has 0 spiro atoms. The standard InChI is InChI=1S/C32H53N3O9/c1-7-11-35(12-8-2)32(41)24-14-22(6)13-23(16-24)31(40)34-44-18-27(37)30(39)26(36)17-43-33-29(38)19-42-28-15-21(5)9-10-25(28)20(3)4/h13-14,16,20-21,25-28,30,36-37,39H,7-12,15,17-19H2,1-6H3,(H,33,38)(H,34,40)/t21-,25+,26?,27+,28-,30-/m1/s1. The highest BCUT2D eigenvalue weighted by atomic mass is 16.7. The third-order valence-electron chi connectivity index (χ3n) is 7.90. The first-order chi connectivity index (χ1) is 20.9. The van der Waals surface area contributed by atoms with E-state index in [1.54, 1.807) is 24.0 Å². The summed E-state index contributed by atoms with van der Waals surface area (Å²) in [5, 5.41) is 30.6. The molecule has 3 amide bonds. The van der Waals surface area contributed by atoms with E-state index in [-0.39, 0.29) is 24.2 Å². The molecule has 1 aromatic rings. The second-order valence-corrected chi connectivity index (χ2v) is 12.3. The van der Waals surface area contributed by atoms with Gasteiger partial charge < -0.3 is 25.0 Å². The van der Waals surface area contributed by atoms with Gasteiger partial charge in [-0.15, -0.1) is 0 Å². The third kappa shape index (κ3) is 12.1. The van der Waals surface area contributed by atoms with Crippen LogP contribution in [0.5, 0.6) is 0 Å². The van der Waals surface area contributed by atoms with E-state index in [9.17, 15) is 29.7 Å². The maximum absolute atomic E-state index is 13.0. The zero-order chi connectivity index (χ0) is 32.8. The number of hydroxylamine groups is 2. The van der Waals surface area contributed by atoms with Gasteiger partial charge in [-0.25, -0.2) is 11.0 Å². The molecule has 1 aromatic carbocycles. The number of hydrogen-bond donors (Lipinski definition) is 5. The lowest BCUT2D eigenvalue weighted by molar-refractivity contribution is -0.152. The fourth-order valence-corrected chi connectivity index (χ4v) is 5.51. The lowest BCUT2D eigenvalue weighted by Gasteiger charge is -2.37. The summed E-state index contributed by atoms with van der Waals surface area (Å²) in [7, 11) is 0. The van der Waals surface area contributed by atoms with Crippen molar-refractivity contribution in [1.29, 1.82) is 0 Å². The number of nitrogens with zero attached hydrogens (tertiary/aromatic N) is 1. The van der Waals surface area contributed by atoms with E-state index in [4.69, 9.17) is 14.4 Å². The number of benzene rings is 1. The lowest BCUT2D eigenvalue weighted by atomic mass is 9.75. The van der Waals surface area contributed by atoms with Crippen LogP contribution in [-0.4, -0.2) is 95.3 Å². The Kier molecular flexibility index (Phi) is 16.2. The Morgan fingerprint density at radius 1 is 0.932 bits per heavy atom. The molecule has 0 aliphatic heterocycles. The summed E-state index contributed by atoms with van der Waals surface area (Å²) in [5.41, 5.74) is 5.67. The number of carbonyl (C=O) groups excluding carboxylic acids is 3. The van der Waals surface area contributed by atoms with Crippen LogP contribution in [0, 0.1) is 24.7 Å². The number of amides is 3. The van der Waals surface area contributed by atoms with Crippen LogP contribution in [0.1, 0.15) is 93.0 Å². The van der Waals surface area contributed by atoms with Gasteiger partial charge in [0.05, 0.1) is 6.10 Å². The topological polar surface area (TPSA) is 167 Å². The van der Waals surface area contributed by atoms with Crippen molar-refractivity contribution in [3.8, 4) is 0 Å². The predicted molar refractivity (Wildman–Crippen MR) is 164 cm³/mol. The van der Waals surface area contributed by atoms with Gasteiger partial charge in [0.25, 0.3) is 17.7 Å². The van der Waals surface area contributed by atoms with Crippen LogP contribution >= 0.6 is 0 Å². The van der Waals surface area contributed by atoms with E-state index in [0.717, 1.165) is 37.7 Å². The minimum Gasteiger partial charge on any atom is -0.388 e. The maximum Gasteiger partial charge on any atom is 0.274 e. The van der Waals surface area contributed by atoms with Gasteiger partial charge in [0.15, 0.2) is 0 Å². The van der Waals surface area contributed by atoms with Crippen molar-refractivity contribution >= 4 is 17.7 Å². The quantitative estimate of drug-likeness (QED) is 0.154. The molecule has 1 aliphatic carbocycles. The molecular weight excluding hydrogens is 570 g/mol. The molecule has 2 rings (SSSR count). The smallest absolute Gasteiger partial charge is 0.274 e. The van der Waals surface area contributed by atoms with Crippen molar-refractivity contribution in [2.24, 2.45) is 17.8 Å². The number of rotatable bonds is 18. The van der Waals surface area contributed by atoms with Crippen LogP contribution in [0.3, 0.4) is 0 Å². The molecule has 12 heteroatoms. The van der Waals surface area contributed by atoms with Gasteiger partial charge in [-0.05, 0) is 74.1 Å². The summed E-state index contributed by atoms with van der Waals surface area (Å²) in [6, 6.07) is 4.80. The number of ether oxygens (including phenoxy) is 1. The molecule has 1 saturated carbocycles. The van der Waals surface area contributed by atoms with Crippen molar-refractivity contribution in [2.45, 2.75) is 98.1 Å². The van der Waals surface area contributed by atoms with Gasteiger partial charge in [-0.3, -0.25) is 24.1 Å². The highest BCUT2D eigenvalue weighted by Gasteiger charge is 2.32. The van der Waals surface area contributed by atoms with Crippen molar-refractivity contribution in [1.82, 2.24) is 15.9 Å². The molecule has 5 N–H and O–H groups in total. The summed E-state index contributed by atoms with van der Waals surface area (Å²) in [5.74, 6) is 0.0419. The molecule has 0 heterocycles. The Morgan fingerprint density at radius 2 is 1.52 bits per heavy atom. The second-order valence-electron chi connectivity index (χ2n) is 12.3. The minimum absolute atomic E-state index is 0.00930. The molecule has 0 saturated heterocycles. The molecule has 44 heavy (non-hydrogen) atoms. The molecule has 250 valence electrons. The molecule has 1 fully saturated rings. The average Bonchev–Trinajstić information content (AvgIpc) is 2.98. The van der Waals surface area contributed by atoms with E-state index in [2.05, 4.69) is 31.7 Å². The molecule has 6 atom stereocenters. The Bertz CT molecular complexity index is 1050. The van der Waals surface area contributed by atoms with Gasteiger partial charge in [0.1, 0.15) is 38.1 Å². The van der Waals surface area contributed by atoms with Gasteiger partial charge in [0.2, 0.25) is 0 Å². The average molecular weight is 624 g/mol. The van der Waals surface area contributed by atoms with E-state index in [1.807, 2.05) is 13.8 Å². The molecule has 1 aliphatic rings. The van der Waals surface area contributed by atoms with Crippen molar-refractivity contribution in [3.63, 3.8) is 0 Å². The van der Waals surface area contributed by atoms with Crippen LogP contribution in [0.4, 0.5) is 0 Å². The van der Waals surface area contributed by atoms with Crippen LogP contribution < -0.4 is 11.0 Å². The molecule has 0 radical (unpaired) electrons. The normalized spacial score (nSPS) is 20.5. The Morgan fingerprint density at radius 3 is 2.11 bits per heavy atom. The highest BCUT2D eigenvalue weighted by Crippen LogP contribution is 2.35. The molecular formula is C32H53N3O9. The van der Waals surface area contributed by atoms with E-state index < -0.39 is 43.3 Å². The zero-order valence-corrected chi connectivity index (χ0v) is 27.1. The summed E-state index contributed by atoms with van der Waals surface area (Å²) in [6.07, 6.45) is -0.111. The maximum atomic E-state index is 13.0. The van der Waals surface area contributed by atoms with Crippen LogP contribution in [0.25, 0.3) is 0 Å². The second kappa shape index (κ2) is 19.0. The van der Waals surface area contributed by atoms with Gasteiger partial charge in [-0.2, -0.15) is 0 Å². The fourth-order valence-electron chi connectivity index (χ4n) is 5.51. The Hall–Kier alpha value is -2.61. The number of aliphatic hydroxyl groups is 3. The first-order valence-electron chi connectivity index (χ1n) is 15.8. The first kappa shape index (κ1) is 37.6. The van der Waals surface area contributed by atoms with Crippen LogP contribution in [0.15, 0.2) is 18.2 Å². The van der Waals surface area contributed by atoms with Gasteiger partial charge in [-0.1, -0.05) is 41.0 Å². The first-order valence-corrected chi connectivity index (χ1v) is 15.8. The molecule has 0 aromatic heterocycles. The van der Waals surface area contributed by atoms with E-state index in [0.29, 0.717) is 36.4 Å². The summed E-state index contributed by atoms with van der Waals surface area (Å²) >= 11 is 0. The number of hydrogen-bond acceptors (Lipinski definition) is 9. The SMILES string of the molecule is CCCN(CCC)C(=O)c1cc(C)cc(C(=O)NOC[C@H](O)[C@H](O)C(O)CONC(=O)CO[C@@H]2C[C@H](C)CC[C@H]2C(C)C)c1. The van der Waals surface area contributed by atoms with E-state index >= 15 is 0 Å². The number of aliphatic hydroxyl groups excluding tert-OH is 3. The van der Waals surface area contributed by atoms with Gasteiger partial charge in [0, 0.05) is 24.2 Å². The molecule has 12 nitrogen and oxygen atoms in total. The summed E-state index contributed by atoms with van der Waals surface area (Å²) in [4.78, 5) is 49.7. The van der Waals surface area contributed by atoms with E-state index in [1.165, 1.54) is 6.07 Å². The summed E-state index contributed by atoms with van der Waals surface area (Å²) in [6.45, 7) is 12.2. The number of carbonyl (C=O) groups is 3. The van der Waals surface area contributed by atoms with Crippen molar-refractivity contribution in [2.75, 3.05) is 32.9 Å². The number of nitrogens with one attached hydrogen (secondary N) is 2. The van der Waals surface area contributed by atoms with Crippen molar-refractivity contribution < 1.29 is 44.1 Å². The zero-order valence-electron chi connectivity index (χ0n) is 27.1. The molecule has 1 unspecified atom stereocenters. The van der Waals surface area contributed by atoms with Crippen LogP contribution in [0.2, 0.25) is 0 Å². The lowest BCUT2D eigenvalue weighted by Crippen LogP contribution is -2.45. The van der Waals surface area contributed by atoms with Gasteiger partial charge >= 0.3 is 0 Å². The Labute approximate surface area is 261 Å². The van der Waals surface area contributed by atoms with Crippen LogP contribution in [-0.2, 0) is 19.2 Å². The number of aryl methyl sites for hydroxylation is 1. The molecule has 0 bridgehead atoms. The fraction of sp³-hybridized carbons (Fsp3) is 0.719. The minimum atomic E-state index is -1.69. The largest absolute Gasteiger partial charge is 0.388 e. The monoisotopic (exact) mass is 623 g/mol. The predicted octanol–water partition coefficient (Wildman–Crippen LogP) is 2.53.